The van der Waals surface area contributed by atoms with Crippen LogP contribution in [-0.2, 0) is 10.2 Å². The number of anilines is 1. The summed E-state index contributed by atoms with van der Waals surface area (Å²) < 4.78 is 0. The van der Waals surface area contributed by atoms with Crippen LogP contribution in [0.25, 0.3) is 0 Å². The quantitative estimate of drug-likeness (QED) is 0.815. The maximum atomic E-state index is 11.9. The molecule has 0 heterocycles. The molecule has 0 amide bonds. The molecule has 1 aromatic rings. The molecule has 0 bridgehead atoms. The second-order valence-electron chi connectivity index (χ2n) is 7.31. The van der Waals surface area contributed by atoms with Crippen molar-refractivity contribution in [3.63, 3.8) is 0 Å². The van der Waals surface area contributed by atoms with E-state index in [0.29, 0.717) is 5.69 Å². The zero-order valence-corrected chi connectivity index (χ0v) is 13.4. The summed E-state index contributed by atoms with van der Waals surface area (Å²) in [4.78, 5) is 11.9. The lowest BCUT2D eigenvalue weighted by Crippen LogP contribution is -2.25. The fraction of sp³-hybridized carbons (Fsp3) is 0.611. The molecule has 1 atom stereocenters. The number of nitrogen functional groups attached to an aromatic ring is 1. The van der Waals surface area contributed by atoms with Gasteiger partial charge in [0.1, 0.15) is 0 Å². The molecule has 21 heavy (non-hydrogen) atoms. The van der Waals surface area contributed by atoms with Gasteiger partial charge in [0, 0.05) is 5.69 Å². The standard InChI is InChI=1S/C18H27NO2/c1-18(2,3)13-9-10-15(19)14(11-13)16(17(20)21)12-7-5-4-6-8-12/h9-12,16H,4-8,19H2,1-3H3,(H,20,21). The number of hydrogen-bond donors (Lipinski definition) is 2. The Morgan fingerprint density at radius 1 is 1.24 bits per heavy atom. The van der Waals surface area contributed by atoms with E-state index >= 15 is 0 Å². The molecule has 1 aliphatic rings. The predicted molar refractivity (Wildman–Crippen MR) is 86.5 cm³/mol. The number of nitrogens with two attached hydrogens (primary N) is 1. The van der Waals surface area contributed by atoms with Crippen molar-refractivity contribution in [2.45, 2.75) is 64.2 Å². The summed E-state index contributed by atoms with van der Waals surface area (Å²) in [6.07, 6.45) is 5.48. The molecule has 116 valence electrons. The highest BCUT2D eigenvalue weighted by Crippen LogP contribution is 2.39. The Morgan fingerprint density at radius 3 is 2.38 bits per heavy atom. The SMILES string of the molecule is CC(C)(C)c1ccc(N)c(C(C(=O)O)C2CCCCC2)c1. The third-order valence-electron chi connectivity index (χ3n) is 4.68. The zero-order valence-electron chi connectivity index (χ0n) is 13.4. The predicted octanol–water partition coefficient (Wildman–Crippen LogP) is 4.31. The molecule has 2 rings (SSSR count). The number of carboxylic acids is 1. The Balaban J connectivity index is 2.42. The molecular formula is C18H27NO2. The van der Waals surface area contributed by atoms with Gasteiger partial charge in [-0.2, -0.15) is 0 Å². The van der Waals surface area contributed by atoms with E-state index in [9.17, 15) is 9.90 Å². The number of benzene rings is 1. The largest absolute Gasteiger partial charge is 0.481 e. The van der Waals surface area contributed by atoms with Gasteiger partial charge in [-0.05, 0) is 41.4 Å². The van der Waals surface area contributed by atoms with Crippen molar-refractivity contribution >= 4 is 11.7 Å². The first kappa shape index (κ1) is 15.9. The molecule has 0 aliphatic heterocycles. The fourth-order valence-electron chi connectivity index (χ4n) is 3.37. The molecule has 0 aromatic heterocycles. The molecule has 0 saturated heterocycles. The Morgan fingerprint density at radius 2 is 1.86 bits per heavy atom. The van der Waals surface area contributed by atoms with Crippen molar-refractivity contribution in [1.29, 1.82) is 0 Å². The minimum absolute atomic E-state index is 0.00192. The summed E-state index contributed by atoms with van der Waals surface area (Å²) >= 11 is 0. The molecule has 3 heteroatoms. The lowest BCUT2D eigenvalue weighted by atomic mass is 9.75. The molecule has 3 N–H and O–H groups in total. The summed E-state index contributed by atoms with van der Waals surface area (Å²) in [5, 5.41) is 9.74. The summed E-state index contributed by atoms with van der Waals surface area (Å²) in [5.74, 6) is -0.985. The Kier molecular flexibility index (Phi) is 4.60. The van der Waals surface area contributed by atoms with Crippen LogP contribution in [0.15, 0.2) is 18.2 Å². The van der Waals surface area contributed by atoms with Crippen molar-refractivity contribution in [1.82, 2.24) is 0 Å². The number of aliphatic carboxylic acids is 1. The zero-order chi connectivity index (χ0) is 15.6. The minimum Gasteiger partial charge on any atom is -0.481 e. The fourth-order valence-corrected chi connectivity index (χ4v) is 3.37. The normalized spacial score (nSPS) is 18.4. The van der Waals surface area contributed by atoms with E-state index in [2.05, 4.69) is 20.8 Å². The average molecular weight is 289 g/mol. The van der Waals surface area contributed by atoms with Gasteiger partial charge in [-0.25, -0.2) is 0 Å². The monoisotopic (exact) mass is 289 g/mol. The van der Waals surface area contributed by atoms with Crippen LogP contribution in [0.1, 0.15) is 69.9 Å². The second kappa shape index (κ2) is 6.08. The summed E-state index contributed by atoms with van der Waals surface area (Å²) in [6.45, 7) is 6.41. The molecule has 1 fully saturated rings. The highest BCUT2D eigenvalue weighted by Gasteiger charge is 2.32. The Labute approximate surface area is 127 Å². The van der Waals surface area contributed by atoms with Gasteiger partial charge >= 0.3 is 5.97 Å². The molecule has 0 radical (unpaired) electrons. The first-order chi connectivity index (χ1) is 9.80. The van der Waals surface area contributed by atoms with Crippen LogP contribution in [0, 0.1) is 5.92 Å². The van der Waals surface area contributed by atoms with Crippen LogP contribution in [0.3, 0.4) is 0 Å². The highest BCUT2D eigenvalue weighted by atomic mass is 16.4. The number of hydrogen-bond acceptors (Lipinski definition) is 2. The van der Waals surface area contributed by atoms with E-state index in [-0.39, 0.29) is 11.3 Å². The van der Waals surface area contributed by atoms with Crippen LogP contribution >= 0.6 is 0 Å². The van der Waals surface area contributed by atoms with E-state index < -0.39 is 11.9 Å². The highest BCUT2D eigenvalue weighted by molar-refractivity contribution is 5.79. The van der Waals surface area contributed by atoms with E-state index in [1.54, 1.807) is 0 Å². The molecule has 0 spiro atoms. The lowest BCUT2D eigenvalue weighted by molar-refractivity contribution is -0.140. The summed E-state index contributed by atoms with van der Waals surface area (Å²) in [7, 11) is 0. The van der Waals surface area contributed by atoms with Gasteiger partial charge in [-0.15, -0.1) is 0 Å². The lowest BCUT2D eigenvalue weighted by Gasteiger charge is -2.30. The second-order valence-corrected chi connectivity index (χ2v) is 7.31. The summed E-state index contributed by atoms with van der Waals surface area (Å²) in [6, 6.07) is 5.90. The van der Waals surface area contributed by atoms with Crippen molar-refractivity contribution in [2.75, 3.05) is 5.73 Å². The Bertz CT molecular complexity index is 510. The third kappa shape index (κ3) is 3.58. The smallest absolute Gasteiger partial charge is 0.311 e. The van der Waals surface area contributed by atoms with Crippen LogP contribution in [0.2, 0.25) is 0 Å². The van der Waals surface area contributed by atoms with Gasteiger partial charge in [0.2, 0.25) is 0 Å². The van der Waals surface area contributed by atoms with Gasteiger partial charge < -0.3 is 10.8 Å². The van der Waals surface area contributed by atoms with E-state index in [1.807, 2.05) is 18.2 Å². The van der Waals surface area contributed by atoms with Crippen LogP contribution in [0.4, 0.5) is 5.69 Å². The van der Waals surface area contributed by atoms with Crippen LogP contribution < -0.4 is 5.73 Å². The van der Waals surface area contributed by atoms with Crippen molar-refractivity contribution < 1.29 is 9.90 Å². The first-order valence-corrected chi connectivity index (χ1v) is 7.93. The number of carbonyl (C=O) groups is 1. The average Bonchev–Trinajstić information content (AvgIpc) is 2.40. The van der Waals surface area contributed by atoms with Gasteiger partial charge in [0.05, 0.1) is 5.92 Å². The molecule has 1 saturated carbocycles. The molecule has 1 aliphatic carbocycles. The molecule has 3 nitrogen and oxygen atoms in total. The molecule has 1 unspecified atom stereocenters. The van der Waals surface area contributed by atoms with Gasteiger partial charge in [-0.3, -0.25) is 4.79 Å². The van der Waals surface area contributed by atoms with Crippen LogP contribution in [-0.4, -0.2) is 11.1 Å². The van der Waals surface area contributed by atoms with Crippen LogP contribution in [0.5, 0.6) is 0 Å². The first-order valence-electron chi connectivity index (χ1n) is 7.93. The topological polar surface area (TPSA) is 63.3 Å². The maximum absolute atomic E-state index is 11.9. The van der Waals surface area contributed by atoms with Gasteiger partial charge in [0.25, 0.3) is 0 Å². The minimum atomic E-state index is -0.736. The summed E-state index contributed by atoms with van der Waals surface area (Å²) in [5.41, 5.74) is 8.68. The molecular weight excluding hydrogens is 262 g/mol. The van der Waals surface area contributed by atoms with E-state index in [1.165, 1.54) is 6.42 Å². The van der Waals surface area contributed by atoms with Crippen molar-refractivity contribution in [3.05, 3.63) is 29.3 Å². The number of rotatable bonds is 3. The van der Waals surface area contributed by atoms with E-state index in [0.717, 1.165) is 36.8 Å². The number of carboxylic acid groups (broad SMARTS) is 1. The van der Waals surface area contributed by atoms with Gasteiger partial charge in [0.15, 0.2) is 0 Å². The maximum Gasteiger partial charge on any atom is 0.311 e. The Hall–Kier alpha value is -1.51. The third-order valence-corrected chi connectivity index (χ3v) is 4.68. The van der Waals surface area contributed by atoms with E-state index in [4.69, 9.17) is 5.73 Å². The molecule has 1 aromatic carbocycles. The van der Waals surface area contributed by atoms with Crippen molar-refractivity contribution in [3.8, 4) is 0 Å². The van der Waals surface area contributed by atoms with Gasteiger partial charge in [-0.1, -0.05) is 52.2 Å². The van der Waals surface area contributed by atoms with Crippen molar-refractivity contribution in [2.24, 2.45) is 5.92 Å².